The molecule has 0 spiro atoms. The van der Waals surface area contributed by atoms with Crippen molar-refractivity contribution in [3.8, 4) is 11.8 Å². The molecule has 1 unspecified atom stereocenters. The third-order valence-corrected chi connectivity index (χ3v) is 4.90. The first kappa shape index (κ1) is 18.2. The summed E-state index contributed by atoms with van der Waals surface area (Å²) in [6.45, 7) is 7.45. The van der Waals surface area contributed by atoms with E-state index in [1.165, 1.54) is 0 Å². The highest BCUT2D eigenvalue weighted by molar-refractivity contribution is 5.88. The highest BCUT2D eigenvalue weighted by Gasteiger charge is 2.48. The molecule has 0 aromatic carbocycles. The Morgan fingerprint density at radius 3 is 2.35 bits per heavy atom. The Labute approximate surface area is 138 Å². The zero-order valence-electron chi connectivity index (χ0n) is 14.7. The van der Waals surface area contributed by atoms with E-state index < -0.39 is 22.7 Å². The van der Waals surface area contributed by atoms with Gasteiger partial charge in [0.15, 0.2) is 0 Å². The number of halogens is 1. The molecule has 1 atom stereocenters. The quantitative estimate of drug-likeness (QED) is 0.794. The molecule has 1 radical (unpaired) electrons. The first-order valence-electron chi connectivity index (χ1n) is 8.54. The number of carbonyl (C=O) groups excluding carboxylic acids is 1. The van der Waals surface area contributed by atoms with Crippen molar-refractivity contribution in [2.75, 3.05) is 0 Å². The van der Waals surface area contributed by atoms with Crippen molar-refractivity contribution < 1.29 is 14.4 Å². The monoisotopic (exact) mass is 323 g/mol. The fraction of sp³-hybridized carbons (Fsp3) is 0.833. The van der Waals surface area contributed by atoms with Crippen LogP contribution in [0.15, 0.2) is 0 Å². The van der Waals surface area contributed by atoms with Crippen molar-refractivity contribution in [2.45, 2.75) is 95.4 Å². The fourth-order valence-electron chi connectivity index (χ4n) is 3.86. The van der Waals surface area contributed by atoms with Gasteiger partial charge < -0.3 is 5.32 Å². The number of nitrogens with one attached hydrogen (secondary N) is 1. The summed E-state index contributed by atoms with van der Waals surface area (Å²) in [6, 6.07) is -0.211. The predicted octanol–water partition coefficient (Wildman–Crippen LogP) is 3.15. The molecule has 1 aliphatic heterocycles. The number of piperidine rings is 1. The van der Waals surface area contributed by atoms with Gasteiger partial charge in [-0.1, -0.05) is 18.3 Å². The molecule has 1 saturated heterocycles. The van der Waals surface area contributed by atoms with E-state index in [-0.39, 0.29) is 12.5 Å². The normalized spacial score (nSPS) is 31.4. The molecule has 1 aliphatic carbocycles. The van der Waals surface area contributed by atoms with Gasteiger partial charge in [-0.25, -0.2) is 4.39 Å². The van der Waals surface area contributed by atoms with Crippen molar-refractivity contribution >= 4 is 5.91 Å². The van der Waals surface area contributed by atoms with E-state index >= 15 is 0 Å². The van der Waals surface area contributed by atoms with Crippen molar-refractivity contribution in [1.29, 1.82) is 0 Å². The van der Waals surface area contributed by atoms with E-state index in [1.807, 2.05) is 27.7 Å². The van der Waals surface area contributed by atoms with E-state index in [0.717, 1.165) is 17.9 Å². The summed E-state index contributed by atoms with van der Waals surface area (Å²) in [5, 5.41) is 16.3. The maximum Gasteiger partial charge on any atom is 0.270 e. The van der Waals surface area contributed by atoms with Crippen molar-refractivity contribution in [3.05, 3.63) is 0 Å². The lowest BCUT2D eigenvalue weighted by atomic mass is 9.78. The number of hydrogen-bond donors (Lipinski definition) is 1. The molecule has 0 bridgehead atoms. The van der Waals surface area contributed by atoms with Crippen LogP contribution in [0, 0.1) is 11.8 Å². The SMILES string of the molecule is CC1(C)CC(NC(=O)C2(F)C#CCCCCC2)CC(C)(C)N1[O]. The van der Waals surface area contributed by atoms with Gasteiger partial charge in [-0.15, -0.1) is 10.3 Å². The van der Waals surface area contributed by atoms with Gasteiger partial charge in [0.05, 0.1) is 0 Å². The molecule has 4 nitrogen and oxygen atoms in total. The van der Waals surface area contributed by atoms with Crippen LogP contribution in [0.1, 0.15) is 72.6 Å². The topological polar surface area (TPSA) is 52.2 Å². The average Bonchev–Trinajstić information content (AvgIpc) is 2.39. The number of hydrogen-bond acceptors (Lipinski definition) is 2. The van der Waals surface area contributed by atoms with Gasteiger partial charge in [0.1, 0.15) is 0 Å². The van der Waals surface area contributed by atoms with Crippen molar-refractivity contribution in [1.82, 2.24) is 10.4 Å². The van der Waals surface area contributed by atoms with Gasteiger partial charge in [-0.05, 0) is 53.4 Å². The Morgan fingerprint density at radius 1 is 1.13 bits per heavy atom. The van der Waals surface area contributed by atoms with Gasteiger partial charge >= 0.3 is 0 Å². The largest absolute Gasteiger partial charge is 0.350 e. The van der Waals surface area contributed by atoms with Crippen LogP contribution in [0.4, 0.5) is 4.39 Å². The van der Waals surface area contributed by atoms with E-state index in [4.69, 9.17) is 0 Å². The summed E-state index contributed by atoms with van der Waals surface area (Å²) in [5.74, 6) is 4.69. The maximum absolute atomic E-state index is 15.0. The van der Waals surface area contributed by atoms with Crippen molar-refractivity contribution in [2.24, 2.45) is 0 Å². The van der Waals surface area contributed by atoms with Crippen LogP contribution in [0.5, 0.6) is 0 Å². The zero-order valence-corrected chi connectivity index (χ0v) is 14.7. The van der Waals surface area contributed by atoms with Crippen molar-refractivity contribution in [3.63, 3.8) is 0 Å². The van der Waals surface area contributed by atoms with E-state index in [1.54, 1.807) is 0 Å². The molecule has 2 aliphatic rings. The molecule has 0 aromatic rings. The van der Waals surface area contributed by atoms with Crippen LogP contribution < -0.4 is 5.32 Å². The van der Waals surface area contributed by atoms with E-state index in [9.17, 15) is 14.4 Å². The molecule has 23 heavy (non-hydrogen) atoms. The highest BCUT2D eigenvalue weighted by atomic mass is 19.1. The summed E-state index contributed by atoms with van der Waals surface area (Å²) in [6.07, 6.45) is 4.36. The van der Waals surface area contributed by atoms with Crippen LogP contribution in [-0.2, 0) is 10.0 Å². The lowest BCUT2D eigenvalue weighted by Crippen LogP contribution is -2.63. The lowest BCUT2D eigenvalue weighted by Gasteiger charge is -2.50. The molecule has 129 valence electrons. The zero-order chi connectivity index (χ0) is 17.3. The molecule has 0 saturated carbocycles. The molecule has 2 rings (SSSR count). The van der Waals surface area contributed by atoms with E-state index in [2.05, 4.69) is 17.2 Å². The van der Waals surface area contributed by atoms with Crippen LogP contribution in [-0.4, -0.2) is 33.8 Å². The van der Waals surface area contributed by atoms with Crippen LogP contribution in [0.3, 0.4) is 0 Å². The van der Waals surface area contributed by atoms with Crippen LogP contribution in [0.25, 0.3) is 0 Å². The minimum Gasteiger partial charge on any atom is -0.350 e. The van der Waals surface area contributed by atoms with Gasteiger partial charge in [-0.2, -0.15) is 0 Å². The fourth-order valence-corrected chi connectivity index (χ4v) is 3.86. The number of rotatable bonds is 2. The third-order valence-electron chi connectivity index (χ3n) is 4.90. The number of carbonyl (C=O) groups is 1. The maximum atomic E-state index is 15.0. The molecule has 1 N–H and O–H groups in total. The Morgan fingerprint density at radius 2 is 1.74 bits per heavy atom. The second-order valence-electron chi connectivity index (χ2n) is 8.16. The summed E-state index contributed by atoms with van der Waals surface area (Å²) < 4.78 is 15.0. The van der Waals surface area contributed by atoms with Gasteiger partial charge in [0, 0.05) is 30.0 Å². The summed E-state index contributed by atoms with van der Waals surface area (Å²) in [7, 11) is 0. The highest BCUT2D eigenvalue weighted by Crippen LogP contribution is 2.37. The summed E-state index contributed by atoms with van der Waals surface area (Å²) >= 11 is 0. The minimum atomic E-state index is -2.09. The van der Waals surface area contributed by atoms with Crippen LogP contribution in [0.2, 0.25) is 0 Å². The average molecular weight is 323 g/mol. The molecule has 1 fully saturated rings. The Bertz CT molecular complexity index is 503. The van der Waals surface area contributed by atoms with E-state index in [0.29, 0.717) is 25.7 Å². The Hall–Kier alpha value is -1.12. The lowest BCUT2D eigenvalue weighted by molar-refractivity contribution is -0.290. The molecular formula is C18H28FN2O2. The number of amides is 1. The third kappa shape index (κ3) is 4.05. The second kappa shape index (κ2) is 6.41. The Kier molecular flexibility index (Phi) is 5.08. The van der Waals surface area contributed by atoms with Gasteiger partial charge in [0.2, 0.25) is 5.67 Å². The van der Waals surface area contributed by atoms with Crippen LogP contribution >= 0.6 is 0 Å². The standard InChI is InChI=1S/C18H28FN2O2/c1-16(2)12-14(13-17(3,4)21(16)23)20-15(22)18(19)10-8-6-5-7-9-11-18/h14H,5-8,10,12-13H2,1-4H3,(H,20,22). The van der Waals surface area contributed by atoms with Gasteiger partial charge in [-0.3, -0.25) is 4.79 Å². The molecule has 0 aromatic heterocycles. The number of hydroxylamine groups is 2. The number of nitrogens with zero attached hydrogens (tertiary/aromatic N) is 1. The summed E-state index contributed by atoms with van der Waals surface area (Å²) in [5.41, 5.74) is -3.27. The first-order chi connectivity index (χ1) is 10.6. The molecule has 1 amide bonds. The van der Waals surface area contributed by atoms with Gasteiger partial charge in [0.25, 0.3) is 5.91 Å². The molecular weight excluding hydrogens is 295 g/mol. The second-order valence-corrected chi connectivity index (χ2v) is 8.16. The Balaban J connectivity index is 2.10. The first-order valence-corrected chi connectivity index (χ1v) is 8.54. The smallest absolute Gasteiger partial charge is 0.270 e. The summed E-state index contributed by atoms with van der Waals surface area (Å²) in [4.78, 5) is 12.5. The minimum absolute atomic E-state index is 0.152. The molecule has 1 heterocycles. The number of alkyl halides is 1. The predicted molar refractivity (Wildman–Crippen MR) is 86.5 cm³/mol. The molecule has 5 heteroatoms.